The number of ether oxygens (including phenoxy) is 2. The number of anilines is 1. The van der Waals surface area contributed by atoms with Crippen LogP contribution in [0.1, 0.15) is 56.9 Å². The minimum atomic E-state index is -0.486. The second kappa shape index (κ2) is 11.4. The first-order valence-electron chi connectivity index (χ1n) is 11.6. The number of aromatic nitrogens is 1. The van der Waals surface area contributed by atoms with E-state index in [4.69, 9.17) is 14.3 Å². The average molecular weight is 445 g/mol. The van der Waals surface area contributed by atoms with E-state index in [0.717, 1.165) is 44.3 Å². The first-order chi connectivity index (χ1) is 15.7. The van der Waals surface area contributed by atoms with Crippen LogP contribution in [-0.4, -0.2) is 60.0 Å². The maximum Gasteiger partial charge on any atom is 0.413 e. The van der Waals surface area contributed by atoms with Gasteiger partial charge in [0.2, 0.25) is 0 Å². The van der Waals surface area contributed by atoms with E-state index in [1.807, 2.05) is 0 Å². The molecule has 1 aromatic heterocycles. The van der Waals surface area contributed by atoms with Crippen LogP contribution in [0.3, 0.4) is 0 Å². The first kappa shape index (κ1) is 22.7. The van der Waals surface area contributed by atoms with E-state index in [9.17, 15) is 9.59 Å². The number of likely N-dealkylation sites (tertiary alicyclic amines) is 1. The predicted octanol–water partition coefficient (Wildman–Crippen LogP) is 3.23. The van der Waals surface area contributed by atoms with Gasteiger partial charge in [0.1, 0.15) is 11.9 Å². The molecule has 1 unspecified atom stereocenters. The molecular formula is C23H32N4O5. The number of carbonyl (C=O) groups is 2. The van der Waals surface area contributed by atoms with Crippen LogP contribution in [0.2, 0.25) is 0 Å². The Morgan fingerprint density at radius 3 is 2.72 bits per heavy atom. The lowest BCUT2D eigenvalue weighted by Gasteiger charge is -2.23. The maximum atomic E-state index is 12.2. The highest BCUT2D eigenvalue weighted by atomic mass is 16.8. The molecule has 1 saturated carbocycles. The topological polar surface area (TPSA) is 102 Å². The lowest BCUT2D eigenvalue weighted by atomic mass is 10.2. The Morgan fingerprint density at radius 2 is 1.97 bits per heavy atom. The van der Waals surface area contributed by atoms with Crippen molar-refractivity contribution in [2.75, 3.05) is 25.0 Å². The van der Waals surface area contributed by atoms with Crippen molar-refractivity contribution in [3.8, 4) is 0 Å². The summed E-state index contributed by atoms with van der Waals surface area (Å²) in [4.78, 5) is 36.0. The Kier molecular flexibility index (Phi) is 8.08. The number of nitrogens with zero attached hydrogens (tertiary/aromatic N) is 2. The molecule has 4 rings (SSSR count). The summed E-state index contributed by atoms with van der Waals surface area (Å²) in [5.41, 5.74) is 3.09. The van der Waals surface area contributed by atoms with E-state index < -0.39 is 6.09 Å². The number of nitrogens with one attached hydrogen (secondary N) is 2. The molecule has 32 heavy (non-hydrogen) atoms. The van der Waals surface area contributed by atoms with Gasteiger partial charge < -0.3 is 9.47 Å². The smallest absolute Gasteiger partial charge is 0.413 e. The number of amides is 2. The van der Waals surface area contributed by atoms with E-state index in [2.05, 4.69) is 20.7 Å². The molecule has 1 aromatic rings. The largest absolute Gasteiger partial charge is 0.445 e. The van der Waals surface area contributed by atoms with Gasteiger partial charge in [-0.15, -0.1) is 0 Å². The quantitative estimate of drug-likeness (QED) is 0.492. The van der Waals surface area contributed by atoms with Crippen LogP contribution in [-0.2, 0) is 19.1 Å². The van der Waals surface area contributed by atoms with Gasteiger partial charge in [0.25, 0.3) is 5.91 Å². The Morgan fingerprint density at radius 1 is 1.12 bits per heavy atom. The lowest BCUT2D eigenvalue weighted by molar-refractivity contribution is -0.198. The summed E-state index contributed by atoms with van der Waals surface area (Å²) in [6.07, 6.45) is 12.4. The number of hydrogen-bond donors (Lipinski definition) is 2. The molecule has 3 fully saturated rings. The van der Waals surface area contributed by atoms with Crippen molar-refractivity contribution in [3.63, 3.8) is 0 Å². The summed E-state index contributed by atoms with van der Waals surface area (Å²) in [6, 6.07) is 4.09. The van der Waals surface area contributed by atoms with Crippen molar-refractivity contribution >= 4 is 23.9 Å². The van der Waals surface area contributed by atoms with Gasteiger partial charge in [-0.25, -0.2) is 20.1 Å². The molecule has 0 radical (unpaired) electrons. The second-order valence-corrected chi connectivity index (χ2v) is 8.56. The molecule has 2 atom stereocenters. The molecule has 2 aliphatic heterocycles. The number of hydrogen-bond acceptors (Lipinski definition) is 7. The Hall–Kier alpha value is -2.49. The number of rotatable bonds is 7. The van der Waals surface area contributed by atoms with Crippen LogP contribution in [0.15, 0.2) is 24.4 Å². The Bertz CT molecular complexity index is 788. The van der Waals surface area contributed by atoms with Crippen LogP contribution in [0.25, 0.3) is 6.08 Å². The fourth-order valence-corrected chi connectivity index (χ4v) is 4.45. The molecule has 174 valence electrons. The highest BCUT2D eigenvalue weighted by Crippen LogP contribution is 2.27. The van der Waals surface area contributed by atoms with Gasteiger partial charge in [0.05, 0.1) is 0 Å². The Labute approximate surface area is 188 Å². The van der Waals surface area contributed by atoms with Crippen molar-refractivity contribution in [1.29, 1.82) is 0 Å². The van der Waals surface area contributed by atoms with Gasteiger partial charge in [0.15, 0.2) is 6.29 Å². The minimum absolute atomic E-state index is 0.0717. The van der Waals surface area contributed by atoms with Crippen LogP contribution >= 0.6 is 0 Å². The Balaban J connectivity index is 1.16. The first-order valence-corrected chi connectivity index (χ1v) is 11.6. The van der Waals surface area contributed by atoms with Gasteiger partial charge in [-0.05, 0) is 55.9 Å². The molecule has 0 spiro atoms. The van der Waals surface area contributed by atoms with Crippen molar-refractivity contribution in [2.24, 2.45) is 0 Å². The lowest BCUT2D eigenvalue weighted by Crippen LogP contribution is -2.33. The van der Waals surface area contributed by atoms with Crippen molar-refractivity contribution < 1.29 is 23.9 Å². The monoisotopic (exact) mass is 444 g/mol. The molecule has 9 nitrogen and oxygen atoms in total. The molecule has 2 amide bonds. The minimum Gasteiger partial charge on any atom is -0.445 e. The molecule has 0 bridgehead atoms. The summed E-state index contributed by atoms with van der Waals surface area (Å²) < 4.78 is 11.0. The molecule has 0 aromatic carbocycles. The predicted molar refractivity (Wildman–Crippen MR) is 118 cm³/mol. The van der Waals surface area contributed by atoms with Crippen molar-refractivity contribution in [3.05, 3.63) is 30.0 Å². The van der Waals surface area contributed by atoms with Crippen LogP contribution in [0.5, 0.6) is 0 Å². The number of hydroxylamine groups is 1. The van der Waals surface area contributed by atoms with E-state index in [-0.39, 0.29) is 18.3 Å². The van der Waals surface area contributed by atoms with Gasteiger partial charge in [0, 0.05) is 44.4 Å². The summed E-state index contributed by atoms with van der Waals surface area (Å²) in [6.45, 7) is 2.46. The summed E-state index contributed by atoms with van der Waals surface area (Å²) >= 11 is 0. The van der Waals surface area contributed by atoms with E-state index >= 15 is 0 Å². The third kappa shape index (κ3) is 6.75. The molecule has 3 aliphatic rings. The zero-order valence-electron chi connectivity index (χ0n) is 18.3. The molecule has 2 N–H and O–H groups in total. The third-order valence-electron chi connectivity index (χ3n) is 6.16. The summed E-state index contributed by atoms with van der Waals surface area (Å²) in [5, 5.41) is 2.67. The molecule has 1 aliphatic carbocycles. The van der Waals surface area contributed by atoms with E-state index in [1.54, 1.807) is 24.4 Å². The molecular weight excluding hydrogens is 412 g/mol. The normalized spacial score (nSPS) is 24.6. The average Bonchev–Trinajstić information content (AvgIpc) is 3.50. The van der Waals surface area contributed by atoms with Gasteiger partial charge >= 0.3 is 6.09 Å². The molecule has 2 saturated heterocycles. The SMILES string of the molecule is O=C(/C=C/c1ccc(NC(=O)O[C@@H]2CCN(C3CCCC3)C2)nc1)NOC1CCCCO1. The van der Waals surface area contributed by atoms with E-state index in [1.165, 1.54) is 31.8 Å². The zero-order chi connectivity index (χ0) is 22.2. The van der Waals surface area contributed by atoms with Gasteiger partial charge in [-0.1, -0.05) is 12.8 Å². The van der Waals surface area contributed by atoms with Gasteiger partial charge in [-0.3, -0.25) is 15.0 Å². The van der Waals surface area contributed by atoms with Gasteiger partial charge in [-0.2, -0.15) is 0 Å². The number of pyridine rings is 1. The van der Waals surface area contributed by atoms with Crippen LogP contribution < -0.4 is 10.8 Å². The third-order valence-corrected chi connectivity index (χ3v) is 6.16. The highest BCUT2D eigenvalue weighted by Gasteiger charge is 2.31. The fourth-order valence-electron chi connectivity index (χ4n) is 4.45. The zero-order valence-corrected chi connectivity index (χ0v) is 18.3. The second-order valence-electron chi connectivity index (χ2n) is 8.56. The summed E-state index contributed by atoms with van der Waals surface area (Å²) in [7, 11) is 0. The maximum absolute atomic E-state index is 12.2. The van der Waals surface area contributed by atoms with Crippen LogP contribution in [0.4, 0.5) is 10.6 Å². The molecule has 9 heteroatoms. The highest BCUT2D eigenvalue weighted by molar-refractivity contribution is 5.91. The summed E-state index contributed by atoms with van der Waals surface area (Å²) in [5.74, 6) is 0.0215. The number of carbonyl (C=O) groups excluding carboxylic acids is 2. The van der Waals surface area contributed by atoms with Crippen molar-refractivity contribution in [1.82, 2.24) is 15.4 Å². The molecule has 3 heterocycles. The van der Waals surface area contributed by atoms with Crippen LogP contribution in [0, 0.1) is 0 Å². The van der Waals surface area contributed by atoms with E-state index in [0.29, 0.717) is 18.5 Å². The standard InChI is InChI=1S/C23H32N4O5/c28-21(26-32-22-7-3-4-14-30-22)11-9-17-8-10-20(24-15-17)25-23(29)31-19-12-13-27(16-19)18-5-1-2-6-18/h8-11,15,18-19,22H,1-7,12-14,16H2,(H,26,28)(H,24,25,29)/b11-9+/t19-,22?/m1/s1. The fraction of sp³-hybridized carbons (Fsp3) is 0.609. The van der Waals surface area contributed by atoms with Crippen molar-refractivity contribution in [2.45, 2.75) is 69.8 Å².